The molecule has 0 fully saturated rings. The second-order valence-electron chi connectivity index (χ2n) is 4.98. The van der Waals surface area contributed by atoms with Gasteiger partial charge in [0.2, 0.25) is 0 Å². The van der Waals surface area contributed by atoms with Gasteiger partial charge in [-0.25, -0.2) is 4.79 Å². The van der Waals surface area contributed by atoms with E-state index in [2.05, 4.69) is 10.3 Å². The Morgan fingerprint density at radius 3 is 2.83 bits per heavy atom. The summed E-state index contributed by atoms with van der Waals surface area (Å²) in [6.45, 7) is 3.92. The predicted molar refractivity (Wildman–Crippen MR) is 92.3 cm³/mol. The number of hydrogen-bond acceptors (Lipinski definition) is 5. The fraction of sp³-hybridized carbons (Fsp3) is 0.294. The first kappa shape index (κ1) is 17.1. The van der Waals surface area contributed by atoms with E-state index >= 15 is 0 Å². The zero-order chi connectivity index (χ0) is 16.8. The van der Waals surface area contributed by atoms with Crippen molar-refractivity contribution in [1.29, 1.82) is 0 Å². The second-order valence-corrected chi connectivity index (χ2v) is 5.86. The molecule has 0 aliphatic rings. The van der Waals surface area contributed by atoms with E-state index in [9.17, 15) is 4.79 Å². The lowest BCUT2D eigenvalue weighted by atomic mass is 10.1. The molecule has 0 spiro atoms. The number of amides is 1. The number of aromatic nitrogens is 1. The number of carbonyl (C=O) groups is 1. The van der Waals surface area contributed by atoms with Gasteiger partial charge in [0.25, 0.3) is 0 Å². The maximum absolute atomic E-state index is 11.9. The maximum atomic E-state index is 11.9. The van der Waals surface area contributed by atoms with Crippen LogP contribution in [0.4, 0.5) is 10.5 Å². The SMILES string of the molecule is COc1c(C)cnc(COC(=O)Nc2cccc(SC)c2)c1C. The Balaban J connectivity index is 1.99. The van der Waals surface area contributed by atoms with Gasteiger partial charge in [0.1, 0.15) is 12.4 Å². The fourth-order valence-electron chi connectivity index (χ4n) is 2.21. The van der Waals surface area contributed by atoms with Crippen LogP contribution in [0.2, 0.25) is 0 Å². The van der Waals surface area contributed by atoms with Gasteiger partial charge in [0.15, 0.2) is 0 Å². The molecule has 1 heterocycles. The molecular weight excluding hydrogens is 312 g/mol. The van der Waals surface area contributed by atoms with Gasteiger partial charge in [-0.3, -0.25) is 10.3 Å². The molecular formula is C17H20N2O3S. The molecule has 0 saturated heterocycles. The first-order chi connectivity index (χ1) is 11.0. The van der Waals surface area contributed by atoms with Crippen molar-refractivity contribution >= 4 is 23.5 Å². The number of carbonyl (C=O) groups excluding carboxylic acids is 1. The molecule has 122 valence electrons. The smallest absolute Gasteiger partial charge is 0.412 e. The Kier molecular flexibility index (Phi) is 5.87. The monoisotopic (exact) mass is 332 g/mol. The Hall–Kier alpha value is -2.21. The average Bonchev–Trinajstić information content (AvgIpc) is 2.55. The summed E-state index contributed by atoms with van der Waals surface area (Å²) < 4.78 is 10.6. The highest BCUT2D eigenvalue weighted by Gasteiger charge is 2.11. The van der Waals surface area contributed by atoms with Crippen molar-refractivity contribution in [3.8, 4) is 5.75 Å². The number of nitrogens with zero attached hydrogens (tertiary/aromatic N) is 1. The van der Waals surface area contributed by atoms with Crippen LogP contribution in [0.15, 0.2) is 35.4 Å². The molecule has 0 aliphatic carbocycles. The Bertz CT molecular complexity index is 704. The minimum absolute atomic E-state index is 0.0938. The lowest BCUT2D eigenvalue weighted by Crippen LogP contribution is -2.14. The van der Waals surface area contributed by atoms with E-state index in [1.807, 2.05) is 44.4 Å². The molecule has 1 aromatic carbocycles. The van der Waals surface area contributed by atoms with Gasteiger partial charge in [-0.05, 0) is 38.3 Å². The van der Waals surface area contributed by atoms with Crippen molar-refractivity contribution in [2.24, 2.45) is 0 Å². The predicted octanol–water partition coefficient (Wildman–Crippen LogP) is 4.18. The number of aryl methyl sites for hydroxylation is 1. The summed E-state index contributed by atoms with van der Waals surface area (Å²) >= 11 is 1.61. The molecule has 0 bridgehead atoms. The van der Waals surface area contributed by atoms with Crippen LogP contribution in [-0.4, -0.2) is 24.4 Å². The molecule has 1 aromatic heterocycles. The Morgan fingerprint density at radius 1 is 1.35 bits per heavy atom. The number of thioether (sulfide) groups is 1. The van der Waals surface area contributed by atoms with Crippen molar-refractivity contribution in [2.45, 2.75) is 25.3 Å². The molecule has 1 amide bonds. The van der Waals surface area contributed by atoms with Crippen LogP contribution in [0.25, 0.3) is 0 Å². The molecule has 2 rings (SSSR count). The Labute approximate surface area is 140 Å². The van der Waals surface area contributed by atoms with Gasteiger partial charge < -0.3 is 9.47 Å². The molecule has 5 nitrogen and oxygen atoms in total. The van der Waals surface area contributed by atoms with Crippen molar-refractivity contribution in [2.75, 3.05) is 18.7 Å². The van der Waals surface area contributed by atoms with E-state index in [4.69, 9.17) is 9.47 Å². The summed E-state index contributed by atoms with van der Waals surface area (Å²) in [5, 5.41) is 2.71. The summed E-state index contributed by atoms with van der Waals surface area (Å²) in [5.41, 5.74) is 3.21. The third kappa shape index (κ3) is 4.39. The minimum Gasteiger partial charge on any atom is -0.496 e. The summed E-state index contributed by atoms with van der Waals surface area (Å²) in [4.78, 5) is 17.3. The van der Waals surface area contributed by atoms with Crippen molar-refractivity contribution < 1.29 is 14.3 Å². The standard InChI is InChI=1S/C17H20N2O3S/c1-11-9-18-15(12(2)16(11)21-3)10-22-17(20)19-13-6-5-7-14(8-13)23-4/h5-9H,10H2,1-4H3,(H,19,20). The quantitative estimate of drug-likeness (QED) is 0.832. The maximum Gasteiger partial charge on any atom is 0.412 e. The van der Waals surface area contributed by atoms with Crippen molar-refractivity contribution in [3.05, 3.63) is 47.3 Å². The average molecular weight is 332 g/mol. The van der Waals surface area contributed by atoms with E-state index in [1.54, 1.807) is 25.1 Å². The summed E-state index contributed by atoms with van der Waals surface area (Å²) in [6.07, 6.45) is 3.19. The summed E-state index contributed by atoms with van der Waals surface area (Å²) in [7, 11) is 1.62. The molecule has 1 N–H and O–H groups in total. The largest absolute Gasteiger partial charge is 0.496 e. The number of rotatable bonds is 5. The summed E-state index contributed by atoms with van der Waals surface area (Å²) in [6, 6.07) is 7.58. The van der Waals surface area contributed by atoms with E-state index in [1.165, 1.54) is 0 Å². The number of methoxy groups -OCH3 is 1. The third-order valence-electron chi connectivity index (χ3n) is 3.41. The second kappa shape index (κ2) is 7.87. The van der Waals surface area contributed by atoms with E-state index in [-0.39, 0.29) is 6.61 Å². The van der Waals surface area contributed by atoms with Gasteiger partial charge in [-0.1, -0.05) is 6.07 Å². The van der Waals surface area contributed by atoms with Gasteiger partial charge in [-0.2, -0.15) is 0 Å². The normalized spacial score (nSPS) is 10.3. The van der Waals surface area contributed by atoms with Gasteiger partial charge in [-0.15, -0.1) is 11.8 Å². The first-order valence-corrected chi connectivity index (χ1v) is 8.34. The van der Waals surface area contributed by atoms with Gasteiger partial charge in [0.05, 0.1) is 12.8 Å². The highest BCUT2D eigenvalue weighted by atomic mass is 32.2. The van der Waals surface area contributed by atoms with E-state index in [0.29, 0.717) is 11.4 Å². The van der Waals surface area contributed by atoms with Crippen LogP contribution in [0.1, 0.15) is 16.8 Å². The number of ether oxygens (including phenoxy) is 2. The van der Waals surface area contributed by atoms with Gasteiger partial charge in [0, 0.05) is 27.9 Å². The number of pyridine rings is 1. The minimum atomic E-state index is -0.510. The number of benzene rings is 1. The van der Waals surface area contributed by atoms with Crippen LogP contribution >= 0.6 is 11.8 Å². The Morgan fingerprint density at radius 2 is 2.13 bits per heavy atom. The van der Waals surface area contributed by atoms with Crippen LogP contribution in [0.3, 0.4) is 0 Å². The van der Waals surface area contributed by atoms with Crippen LogP contribution in [0, 0.1) is 13.8 Å². The van der Waals surface area contributed by atoms with Crippen molar-refractivity contribution in [3.63, 3.8) is 0 Å². The van der Waals surface area contributed by atoms with Crippen LogP contribution in [-0.2, 0) is 11.3 Å². The summed E-state index contributed by atoms with van der Waals surface area (Å²) in [5.74, 6) is 0.770. The zero-order valence-electron chi connectivity index (χ0n) is 13.7. The fourth-order valence-corrected chi connectivity index (χ4v) is 2.66. The van der Waals surface area contributed by atoms with Crippen molar-refractivity contribution in [1.82, 2.24) is 4.98 Å². The highest BCUT2D eigenvalue weighted by molar-refractivity contribution is 7.98. The topological polar surface area (TPSA) is 60.5 Å². The molecule has 0 radical (unpaired) electrons. The third-order valence-corrected chi connectivity index (χ3v) is 4.13. The molecule has 0 atom stereocenters. The van der Waals surface area contributed by atoms with E-state index < -0.39 is 6.09 Å². The number of nitrogens with one attached hydrogen (secondary N) is 1. The molecule has 2 aromatic rings. The zero-order valence-corrected chi connectivity index (χ0v) is 14.5. The molecule has 0 unspecified atom stereocenters. The molecule has 0 saturated carbocycles. The van der Waals surface area contributed by atoms with Gasteiger partial charge >= 0.3 is 6.09 Å². The number of anilines is 1. The van der Waals surface area contributed by atoms with Crippen LogP contribution in [0.5, 0.6) is 5.75 Å². The first-order valence-electron chi connectivity index (χ1n) is 7.12. The molecule has 0 aliphatic heterocycles. The molecule has 6 heteroatoms. The van der Waals surface area contributed by atoms with Crippen LogP contribution < -0.4 is 10.1 Å². The molecule has 23 heavy (non-hydrogen) atoms. The lowest BCUT2D eigenvalue weighted by molar-refractivity contribution is 0.153. The lowest BCUT2D eigenvalue weighted by Gasteiger charge is -2.13. The van der Waals surface area contributed by atoms with E-state index in [0.717, 1.165) is 21.8 Å². The number of hydrogen-bond donors (Lipinski definition) is 1. The highest BCUT2D eigenvalue weighted by Crippen LogP contribution is 2.24.